The van der Waals surface area contributed by atoms with Crippen molar-refractivity contribution in [1.82, 2.24) is 0 Å². The number of rotatable bonds is 2. The molecule has 0 saturated heterocycles. The van der Waals surface area contributed by atoms with Gasteiger partial charge in [0.25, 0.3) is 5.91 Å². The number of benzene rings is 1. The number of hydrogen-bond donors (Lipinski definition) is 1. The van der Waals surface area contributed by atoms with Gasteiger partial charge in [0.05, 0.1) is 17.8 Å². The first-order valence-corrected chi connectivity index (χ1v) is 5.50. The molecule has 82 valence electrons. The quantitative estimate of drug-likeness (QED) is 0.764. The number of hydrogen-bond acceptors (Lipinski definition) is 3. The average molecular weight is 215 g/mol. The molecule has 16 heavy (non-hydrogen) atoms. The van der Waals surface area contributed by atoms with Crippen LogP contribution < -0.4 is 10.7 Å². The summed E-state index contributed by atoms with van der Waals surface area (Å²) in [6.07, 6.45) is 2.83. The molecule has 0 atom stereocenters. The van der Waals surface area contributed by atoms with Gasteiger partial charge in [0.1, 0.15) is 0 Å². The van der Waals surface area contributed by atoms with Gasteiger partial charge in [-0.05, 0) is 37.0 Å². The van der Waals surface area contributed by atoms with Crippen LogP contribution >= 0.6 is 0 Å². The fourth-order valence-electron chi connectivity index (χ4n) is 1.95. The third-order valence-corrected chi connectivity index (χ3v) is 2.96. The van der Waals surface area contributed by atoms with Gasteiger partial charge in [-0.25, -0.2) is 5.01 Å². The molecule has 0 radical (unpaired) electrons. The van der Waals surface area contributed by atoms with Crippen LogP contribution in [0.25, 0.3) is 0 Å². The number of anilines is 2. The Morgan fingerprint density at radius 2 is 2.19 bits per heavy atom. The van der Waals surface area contributed by atoms with Gasteiger partial charge >= 0.3 is 0 Å². The predicted molar refractivity (Wildman–Crippen MR) is 63.1 cm³/mol. The maximum absolute atomic E-state index is 11.8. The van der Waals surface area contributed by atoms with Crippen molar-refractivity contribution < 1.29 is 4.79 Å². The molecule has 0 spiro atoms. The third kappa shape index (κ3) is 1.56. The highest BCUT2D eigenvalue weighted by Gasteiger charge is 2.35. The zero-order chi connectivity index (χ0) is 11.1. The monoisotopic (exact) mass is 215 g/mol. The molecule has 2 N–H and O–H groups in total. The van der Waals surface area contributed by atoms with Crippen LogP contribution in [0.2, 0.25) is 0 Å². The van der Waals surface area contributed by atoms with Gasteiger partial charge < -0.3 is 5.73 Å². The fourth-order valence-corrected chi connectivity index (χ4v) is 1.95. The van der Waals surface area contributed by atoms with E-state index < -0.39 is 0 Å². The number of amides is 1. The maximum atomic E-state index is 11.8. The Morgan fingerprint density at radius 3 is 2.88 bits per heavy atom. The van der Waals surface area contributed by atoms with E-state index in [1.807, 2.05) is 12.1 Å². The predicted octanol–water partition coefficient (Wildman–Crippen LogP) is 1.77. The van der Waals surface area contributed by atoms with Crippen LogP contribution in [-0.4, -0.2) is 11.6 Å². The van der Waals surface area contributed by atoms with E-state index in [9.17, 15) is 4.79 Å². The number of carbonyl (C=O) groups excluding carboxylic acids is 1. The first-order valence-electron chi connectivity index (χ1n) is 5.50. The number of nitrogen functional groups attached to an aromatic ring is 1. The Hall–Kier alpha value is -1.84. The second kappa shape index (κ2) is 3.33. The Kier molecular flexibility index (Phi) is 1.96. The summed E-state index contributed by atoms with van der Waals surface area (Å²) in [7, 11) is 0. The lowest BCUT2D eigenvalue weighted by Crippen LogP contribution is -2.19. The smallest absolute Gasteiger partial charge is 0.253 e. The highest BCUT2D eigenvalue weighted by molar-refractivity contribution is 6.14. The van der Waals surface area contributed by atoms with Gasteiger partial charge in [0.15, 0.2) is 0 Å². The molecule has 1 aromatic rings. The molecule has 0 aromatic heterocycles. The Labute approximate surface area is 93.7 Å². The second-order valence-corrected chi connectivity index (χ2v) is 4.34. The van der Waals surface area contributed by atoms with E-state index in [2.05, 4.69) is 5.10 Å². The molecule has 1 fully saturated rings. The molecule has 3 rings (SSSR count). The standard InChI is InChI=1S/C12H13N3O/c13-9-2-1-3-10(6-9)15-12(16)7-11(14-15)8-4-5-8/h1-3,6,8H,4-5,7,13H2. The molecule has 1 aliphatic carbocycles. The summed E-state index contributed by atoms with van der Waals surface area (Å²) in [5, 5.41) is 5.86. The van der Waals surface area contributed by atoms with Crippen LogP contribution in [-0.2, 0) is 4.79 Å². The van der Waals surface area contributed by atoms with E-state index in [0.717, 1.165) is 11.4 Å². The molecule has 0 unspecified atom stereocenters. The molecular weight excluding hydrogens is 202 g/mol. The van der Waals surface area contributed by atoms with Crippen LogP contribution in [0, 0.1) is 5.92 Å². The number of nitrogens with zero attached hydrogens (tertiary/aromatic N) is 2. The van der Waals surface area contributed by atoms with Gasteiger partial charge in [-0.1, -0.05) is 6.07 Å². The lowest BCUT2D eigenvalue weighted by atomic mass is 10.2. The minimum atomic E-state index is 0.0486. The van der Waals surface area contributed by atoms with Crippen LogP contribution in [0.5, 0.6) is 0 Å². The first-order chi connectivity index (χ1) is 7.74. The van der Waals surface area contributed by atoms with Crippen molar-refractivity contribution >= 4 is 23.0 Å². The van der Waals surface area contributed by atoms with Gasteiger partial charge in [0.2, 0.25) is 0 Å². The molecular formula is C12H13N3O. The highest BCUT2D eigenvalue weighted by Crippen LogP contribution is 2.35. The lowest BCUT2D eigenvalue weighted by Gasteiger charge is -2.11. The van der Waals surface area contributed by atoms with Crippen molar-refractivity contribution in [3.05, 3.63) is 24.3 Å². The van der Waals surface area contributed by atoms with E-state index in [1.54, 1.807) is 12.1 Å². The van der Waals surface area contributed by atoms with Crippen LogP contribution in [0.15, 0.2) is 29.4 Å². The van der Waals surface area contributed by atoms with E-state index in [4.69, 9.17) is 5.73 Å². The van der Waals surface area contributed by atoms with Crippen molar-refractivity contribution in [2.75, 3.05) is 10.7 Å². The summed E-state index contributed by atoms with van der Waals surface area (Å²) < 4.78 is 0. The maximum Gasteiger partial charge on any atom is 0.253 e. The minimum Gasteiger partial charge on any atom is -0.399 e. The molecule has 0 bridgehead atoms. The van der Waals surface area contributed by atoms with E-state index in [0.29, 0.717) is 18.0 Å². The second-order valence-electron chi connectivity index (χ2n) is 4.34. The van der Waals surface area contributed by atoms with Crippen LogP contribution in [0.4, 0.5) is 11.4 Å². The third-order valence-electron chi connectivity index (χ3n) is 2.96. The normalized spacial score (nSPS) is 20.1. The molecule has 1 saturated carbocycles. The number of nitrogens with two attached hydrogens (primary N) is 1. The molecule has 2 aliphatic rings. The first kappa shape index (κ1) is 9.39. The Bertz CT molecular complexity index is 477. The summed E-state index contributed by atoms with van der Waals surface area (Å²) in [6.45, 7) is 0. The zero-order valence-corrected chi connectivity index (χ0v) is 8.89. The van der Waals surface area contributed by atoms with Crippen LogP contribution in [0.1, 0.15) is 19.3 Å². The fraction of sp³-hybridized carbons (Fsp3) is 0.333. The Morgan fingerprint density at radius 1 is 1.38 bits per heavy atom. The Balaban J connectivity index is 1.91. The van der Waals surface area contributed by atoms with E-state index >= 15 is 0 Å². The van der Waals surface area contributed by atoms with E-state index in [1.165, 1.54) is 17.9 Å². The lowest BCUT2D eigenvalue weighted by molar-refractivity contribution is -0.116. The summed E-state index contributed by atoms with van der Waals surface area (Å²) in [4.78, 5) is 11.8. The molecule has 4 nitrogen and oxygen atoms in total. The van der Waals surface area contributed by atoms with E-state index in [-0.39, 0.29) is 5.91 Å². The minimum absolute atomic E-state index is 0.0486. The highest BCUT2D eigenvalue weighted by atomic mass is 16.2. The van der Waals surface area contributed by atoms with Crippen molar-refractivity contribution in [2.24, 2.45) is 11.0 Å². The van der Waals surface area contributed by atoms with Gasteiger partial charge in [-0.15, -0.1) is 0 Å². The summed E-state index contributed by atoms with van der Waals surface area (Å²) in [6, 6.07) is 7.27. The summed E-state index contributed by atoms with van der Waals surface area (Å²) in [5.41, 5.74) is 8.14. The topological polar surface area (TPSA) is 58.7 Å². The van der Waals surface area contributed by atoms with Gasteiger partial charge in [-0.3, -0.25) is 4.79 Å². The molecule has 1 aliphatic heterocycles. The zero-order valence-electron chi connectivity index (χ0n) is 8.89. The average Bonchev–Trinajstić information content (AvgIpc) is 3.02. The number of hydrazone groups is 1. The van der Waals surface area contributed by atoms with Crippen molar-refractivity contribution in [1.29, 1.82) is 0 Å². The number of carbonyl (C=O) groups is 1. The molecule has 1 amide bonds. The van der Waals surface area contributed by atoms with Gasteiger partial charge in [0, 0.05) is 5.69 Å². The summed E-state index contributed by atoms with van der Waals surface area (Å²) in [5.74, 6) is 0.600. The summed E-state index contributed by atoms with van der Waals surface area (Å²) >= 11 is 0. The van der Waals surface area contributed by atoms with Crippen LogP contribution in [0.3, 0.4) is 0 Å². The molecule has 1 aromatic carbocycles. The van der Waals surface area contributed by atoms with Crippen molar-refractivity contribution in [2.45, 2.75) is 19.3 Å². The SMILES string of the molecule is Nc1cccc(N2N=C(C3CC3)CC2=O)c1. The van der Waals surface area contributed by atoms with Gasteiger partial charge in [-0.2, -0.15) is 5.10 Å². The van der Waals surface area contributed by atoms with Crippen molar-refractivity contribution in [3.8, 4) is 0 Å². The molecule has 1 heterocycles. The van der Waals surface area contributed by atoms with Crippen molar-refractivity contribution in [3.63, 3.8) is 0 Å². The largest absolute Gasteiger partial charge is 0.399 e. The molecule has 4 heteroatoms.